The van der Waals surface area contributed by atoms with E-state index in [1.54, 1.807) is 5.57 Å². The van der Waals surface area contributed by atoms with E-state index < -0.39 is 0 Å². The minimum absolute atomic E-state index is 0.0427. The van der Waals surface area contributed by atoms with Crippen molar-refractivity contribution in [3.63, 3.8) is 0 Å². The molecule has 8 atom stereocenters. The van der Waals surface area contributed by atoms with Crippen molar-refractivity contribution >= 4 is 11.9 Å². The molecule has 4 nitrogen and oxygen atoms in total. The van der Waals surface area contributed by atoms with E-state index in [0.717, 1.165) is 74.0 Å². The van der Waals surface area contributed by atoms with Crippen LogP contribution in [-0.2, 0) is 19.1 Å². The van der Waals surface area contributed by atoms with E-state index in [4.69, 9.17) is 9.47 Å². The molecule has 41 heavy (non-hydrogen) atoms. The Labute approximate surface area is 251 Å². The Morgan fingerprint density at radius 3 is 2.51 bits per heavy atom. The fourth-order valence-corrected chi connectivity index (χ4v) is 9.95. The number of unbranched alkanes of at least 4 members (excludes halogenated alkanes) is 3. The van der Waals surface area contributed by atoms with Gasteiger partial charge in [-0.2, -0.15) is 0 Å². The third-order valence-corrected chi connectivity index (χ3v) is 12.2. The Morgan fingerprint density at radius 1 is 0.976 bits per heavy atom. The van der Waals surface area contributed by atoms with Crippen molar-refractivity contribution in [3.8, 4) is 0 Å². The maximum atomic E-state index is 12.6. The van der Waals surface area contributed by atoms with Gasteiger partial charge in [0.25, 0.3) is 0 Å². The lowest BCUT2D eigenvalue weighted by molar-refractivity contribution is -0.151. The second-order valence-corrected chi connectivity index (χ2v) is 15.2. The van der Waals surface area contributed by atoms with Gasteiger partial charge in [-0.15, -0.1) is 0 Å². The average molecular weight is 569 g/mol. The lowest BCUT2D eigenvalue weighted by Gasteiger charge is -2.58. The molecule has 0 N–H and O–H groups in total. The van der Waals surface area contributed by atoms with Gasteiger partial charge < -0.3 is 9.47 Å². The molecule has 0 spiro atoms. The fourth-order valence-electron chi connectivity index (χ4n) is 9.95. The maximum Gasteiger partial charge on any atom is 0.330 e. The van der Waals surface area contributed by atoms with Crippen LogP contribution >= 0.6 is 0 Å². The first-order chi connectivity index (χ1) is 19.6. The van der Waals surface area contributed by atoms with Crippen molar-refractivity contribution < 1.29 is 19.1 Å². The molecule has 0 radical (unpaired) electrons. The van der Waals surface area contributed by atoms with Gasteiger partial charge in [0.2, 0.25) is 0 Å². The zero-order valence-electron chi connectivity index (χ0n) is 27.1. The SMILES string of the molecule is C=CC(=O)OCCCCCCC(=O)OC1CC[C@@]2(C)C(=CCC3C4CCC(C(C)CCCC(C)C)[C@@]4(C)CCC32)C1. The van der Waals surface area contributed by atoms with Crippen LogP contribution in [0.4, 0.5) is 0 Å². The van der Waals surface area contributed by atoms with E-state index >= 15 is 0 Å². The number of rotatable bonds is 14. The van der Waals surface area contributed by atoms with Gasteiger partial charge in [-0.25, -0.2) is 4.79 Å². The van der Waals surface area contributed by atoms with Crippen LogP contribution in [0.25, 0.3) is 0 Å². The summed E-state index contributed by atoms with van der Waals surface area (Å²) in [5.74, 6) is 4.71. The largest absolute Gasteiger partial charge is 0.463 e. The summed E-state index contributed by atoms with van der Waals surface area (Å²) in [6, 6.07) is 0. The molecule has 4 aliphatic carbocycles. The van der Waals surface area contributed by atoms with Gasteiger partial charge in [0.15, 0.2) is 0 Å². The summed E-state index contributed by atoms with van der Waals surface area (Å²) >= 11 is 0. The van der Waals surface area contributed by atoms with Crippen molar-refractivity contribution in [3.05, 3.63) is 24.3 Å². The topological polar surface area (TPSA) is 52.6 Å². The number of fused-ring (bicyclic) bond motifs is 5. The number of carbonyl (C=O) groups excluding carboxylic acids is 2. The third kappa shape index (κ3) is 7.50. The molecule has 3 fully saturated rings. The monoisotopic (exact) mass is 568 g/mol. The molecule has 4 heteroatoms. The predicted molar refractivity (Wildman–Crippen MR) is 167 cm³/mol. The molecule has 0 amide bonds. The summed E-state index contributed by atoms with van der Waals surface area (Å²) in [7, 11) is 0. The van der Waals surface area contributed by atoms with Crippen LogP contribution in [-0.4, -0.2) is 24.6 Å². The van der Waals surface area contributed by atoms with E-state index in [-0.39, 0.29) is 18.0 Å². The fraction of sp³-hybridized carbons (Fsp3) is 0.838. The van der Waals surface area contributed by atoms with Gasteiger partial charge in [-0.1, -0.05) is 85.0 Å². The van der Waals surface area contributed by atoms with Crippen LogP contribution in [0.15, 0.2) is 24.3 Å². The first-order valence-electron chi connectivity index (χ1n) is 17.3. The molecule has 0 bridgehead atoms. The first-order valence-corrected chi connectivity index (χ1v) is 17.3. The van der Waals surface area contributed by atoms with Crippen LogP contribution in [0.3, 0.4) is 0 Å². The molecular weight excluding hydrogens is 508 g/mol. The van der Waals surface area contributed by atoms with Crippen molar-refractivity contribution in [2.24, 2.45) is 46.3 Å². The van der Waals surface area contributed by atoms with E-state index in [9.17, 15) is 9.59 Å². The first kappa shape index (κ1) is 32.3. The van der Waals surface area contributed by atoms with Crippen LogP contribution in [0.5, 0.6) is 0 Å². The zero-order chi connectivity index (χ0) is 29.6. The highest BCUT2D eigenvalue weighted by molar-refractivity contribution is 5.81. The Bertz CT molecular complexity index is 935. The second kappa shape index (κ2) is 14.3. The Kier molecular flexibility index (Phi) is 11.2. The smallest absolute Gasteiger partial charge is 0.330 e. The number of ether oxygens (including phenoxy) is 2. The summed E-state index contributed by atoms with van der Waals surface area (Å²) in [6.45, 7) is 16.4. The number of carbonyl (C=O) groups is 2. The molecule has 0 aliphatic heterocycles. The van der Waals surface area contributed by atoms with E-state index in [1.165, 1.54) is 63.9 Å². The van der Waals surface area contributed by atoms with Crippen molar-refractivity contribution in [1.29, 1.82) is 0 Å². The predicted octanol–water partition coefficient (Wildman–Crippen LogP) is 9.62. The van der Waals surface area contributed by atoms with Crippen LogP contribution in [0.2, 0.25) is 0 Å². The highest BCUT2D eigenvalue weighted by atomic mass is 16.5. The highest BCUT2D eigenvalue weighted by Crippen LogP contribution is 2.67. The van der Waals surface area contributed by atoms with Crippen molar-refractivity contribution in [2.45, 2.75) is 143 Å². The van der Waals surface area contributed by atoms with Crippen LogP contribution in [0, 0.1) is 46.3 Å². The van der Waals surface area contributed by atoms with Gasteiger partial charge in [-0.05, 0) is 104 Å². The molecule has 0 aromatic carbocycles. The molecule has 232 valence electrons. The van der Waals surface area contributed by atoms with Crippen molar-refractivity contribution in [2.75, 3.05) is 6.61 Å². The minimum Gasteiger partial charge on any atom is -0.463 e. The zero-order valence-corrected chi connectivity index (χ0v) is 27.1. The lowest BCUT2D eigenvalue weighted by atomic mass is 9.47. The summed E-state index contributed by atoms with van der Waals surface area (Å²) in [5, 5.41) is 0. The number of hydrogen-bond acceptors (Lipinski definition) is 4. The van der Waals surface area contributed by atoms with Gasteiger partial charge in [0, 0.05) is 18.9 Å². The normalized spacial score (nSPS) is 35.1. The summed E-state index contributed by atoms with van der Waals surface area (Å²) in [4.78, 5) is 23.7. The maximum absolute atomic E-state index is 12.6. The number of allylic oxidation sites excluding steroid dienone is 1. The standard InChI is InChI=1S/C37H60O4/c1-7-34(38)40-24-11-9-8-10-15-35(39)41-29-20-22-36(5)28(25-29)16-17-30-32-19-18-31(27(4)14-12-13-26(2)3)37(32,6)23-21-33(30)36/h7,16,26-27,29-33H,1,8-15,17-25H2,2-6H3/t27?,29?,30?,31?,32?,33?,36-,37+/m0/s1. The molecule has 3 saturated carbocycles. The Morgan fingerprint density at radius 2 is 1.76 bits per heavy atom. The molecule has 0 saturated heterocycles. The Hall–Kier alpha value is -1.58. The average Bonchev–Trinajstić information content (AvgIpc) is 3.29. The van der Waals surface area contributed by atoms with Crippen LogP contribution < -0.4 is 0 Å². The molecule has 0 heterocycles. The number of esters is 2. The summed E-state index contributed by atoms with van der Waals surface area (Å²) < 4.78 is 11.0. The molecule has 0 aromatic heterocycles. The lowest BCUT2D eigenvalue weighted by Crippen LogP contribution is -2.51. The minimum atomic E-state index is -0.368. The highest BCUT2D eigenvalue weighted by Gasteiger charge is 2.59. The molecule has 4 aliphatic rings. The second-order valence-electron chi connectivity index (χ2n) is 15.2. The molecular formula is C37H60O4. The van der Waals surface area contributed by atoms with Crippen LogP contribution in [0.1, 0.15) is 137 Å². The van der Waals surface area contributed by atoms with E-state index in [1.807, 2.05) is 0 Å². The third-order valence-electron chi connectivity index (χ3n) is 12.2. The molecule has 6 unspecified atom stereocenters. The van der Waals surface area contributed by atoms with E-state index in [0.29, 0.717) is 23.9 Å². The van der Waals surface area contributed by atoms with Gasteiger partial charge >= 0.3 is 11.9 Å². The van der Waals surface area contributed by atoms with Gasteiger partial charge in [-0.3, -0.25) is 4.79 Å². The summed E-state index contributed by atoms with van der Waals surface area (Å²) in [6.07, 6.45) is 22.1. The van der Waals surface area contributed by atoms with Gasteiger partial charge in [0.1, 0.15) is 6.10 Å². The molecule has 4 rings (SSSR count). The Balaban J connectivity index is 1.25. The summed E-state index contributed by atoms with van der Waals surface area (Å²) in [5.41, 5.74) is 2.42. The van der Waals surface area contributed by atoms with E-state index in [2.05, 4.69) is 47.3 Å². The number of hydrogen-bond donors (Lipinski definition) is 0. The molecule has 0 aromatic rings. The van der Waals surface area contributed by atoms with Crippen molar-refractivity contribution in [1.82, 2.24) is 0 Å². The quantitative estimate of drug-likeness (QED) is 0.0906. The van der Waals surface area contributed by atoms with Gasteiger partial charge in [0.05, 0.1) is 6.61 Å².